The minimum Gasteiger partial charge on any atom is -0.460 e. The molecule has 17 heavy (non-hydrogen) atoms. The second-order valence-corrected chi connectivity index (χ2v) is 3.56. The number of ether oxygens (including phenoxy) is 1. The number of Topliss-reactive ketones (excluding diaryl/α,β-unsaturated/α-hetero) is 1. The zero-order valence-corrected chi connectivity index (χ0v) is 9.64. The lowest BCUT2D eigenvalue weighted by Crippen LogP contribution is -2.18. The van der Waals surface area contributed by atoms with Crippen LogP contribution in [0.5, 0.6) is 0 Å². The smallest absolute Gasteiger partial charge is 0.379 e. The van der Waals surface area contributed by atoms with E-state index in [4.69, 9.17) is 4.74 Å². The Morgan fingerprint density at radius 2 is 2.18 bits per heavy atom. The van der Waals surface area contributed by atoms with Crippen LogP contribution >= 0.6 is 0 Å². The van der Waals surface area contributed by atoms with E-state index >= 15 is 0 Å². The summed E-state index contributed by atoms with van der Waals surface area (Å²) in [5.74, 6) is -1.47. The summed E-state index contributed by atoms with van der Waals surface area (Å²) in [6, 6.07) is 5.16. The molecule has 0 spiro atoms. The fourth-order valence-corrected chi connectivity index (χ4v) is 1.72. The fraction of sp³-hybridized carbons (Fsp3) is 0.250. The van der Waals surface area contributed by atoms with E-state index in [1.54, 1.807) is 37.0 Å². The summed E-state index contributed by atoms with van der Waals surface area (Å²) in [7, 11) is 1.73. The van der Waals surface area contributed by atoms with Crippen molar-refractivity contribution < 1.29 is 14.3 Å². The van der Waals surface area contributed by atoms with Crippen molar-refractivity contribution >= 4 is 22.7 Å². The number of esters is 1. The third-order valence-electron chi connectivity index (χ3n) is 2.47. The van der Waals surface area contributed by atoms with Crippen LogP contribution in [-0.2, 0) is 16.6 Å². The number of para-hydroxylation sites is 1. The minimum atomic E-state index is -0.832. The Bertz CT molecular complexity index is 586. The number of ketones is 1. The monoisotopic (exact) mass is 232 g/mol. The molecule has 0 bridgehead atoms. The standard InChI is InChI=1S/C12H12N2O3/c1-3-17-12(16)11(15)9-6-4-5-8-7-13-14(2)10(8)9/h4-7H,3H2,1-2H3. The molecule has 0 aliphatic heterocycles. The van der Waals surface area contributed by atoms with Crippen molar-refractivity contribution in [3.05, 3.63) is 30.0 Å². The van der Waals surface area contributed by atoms with Gasteiger partial charge in [0.2, 0.25) is 0 Å². The first-order chi connectivity index (χ1) is 8.15. The predicted molar refractivity (Wildman–Crippen MR) is 61.7 cm³/mol. The van der Waals surface area contributed by atoms with Crippen LogP contribution in [0.2, 0.25) is 0 Å². The Balaban J connectivity index is 2.51. The molecule has 2 aromatic rings. The van der Waals surface area contributed by atoms with Crippen LogP contribution in [0.4, 0.5) is 0 Å². The van der Waals surface area contributed by atoms with Gasteiger partial charge in [-0.2, -0.15) is 5.10 Å². The summed E-state index contributed by atoms with van der Waals surface area (Å²) in [5, 5.41) is 4.88. The molecule has 5 nitrogen and oxygen atoms in total. The number of aromatic nitrogens is 2. The van der Waals surface area contributed by atoms with E-state index in [2.05, 4.69) is 5.10 Å². The van der Waals surface area contributed by atoms with Crippen molar-refractivity contribution in [3.63, 3.8) is 0 Å². The van der Waals surface area contributed by atoms with Gasteiger partial charge in [0.1, 0.15) is 0 Å². The van der Waals surface area contributed by atoms with E-state index in [0.717, 1.165) is 5.39 Å². The molecule has 0 saturated heterocycles. The van der Waals surface area contributed by atoms with Crippen molar-refractivity contribution in [2.24, 2.45) is 7.05 Å². The van der Waals surface area contributed by atoms with E-state index in [-0.39, 0.29) is 6.61 Å². The lowest BCUT2D eigenvalue weighted by atomic mass is 10.1. The van der Waals surface area contributed by atoms with E-state index in [0.29, 0.717) is 11.1 Å². The minimum absolute atomic E-state index is 0.186. The number of benzene rings is 1. The van der Waals surface area contributed by atoms with Gasteiger partial charge in [0.15, 0.2) is 0 Å². The molecule has 0 aliphatic carbocycles. The lowest BCUT2D eigenvalue weighted by Gasteiger charge is -2.03. The first-order valence-electron chi connectivity index (χ1n) is 5.27. The van der Waals surface area contributed by atoms with Gasteiger partial charge in [-0.3, -0.25) is 9.48 Å². The van der Waals surface area contributed by atoms with Gasteiger partial charge in [0.25, 0.3) is 5.78 Å². The Hall–Kier alpha value is -2.17. The average molecular weight is 232 g/mol. The first kappa shape index (κ1) is 11.3. The van der Waals surface area contributed by atoms with Gasteiger partial charge in [-0.15, -0.1) is 0 Å². The van der Waals surface area contributed by atoms with Gasteiger partial charge in [-0.25, -0.2) is 4.79 Å². The van der Waals surface area contributed by atoms with Crippen LogP contribution < -0.4 is 0 Å². The number of nitrogens with zero attached hydrogens (tertiary/aromatic N) is 2. The number of carbonyl (C=O) groups excluding carboxylic acids is 2. The number of hydrogen-bond acceptors (Lipinski definition) is 4. The van der Waals surface area contributed by atoms with Crippen LogP contribution in [0.3, 0.4) is 0 Å². The predicted octanol–water partition coefficient (Wildman–Crippen LogP) is 1.32. The average Bonchev–Trinajstić information content (AvgIpc) is 2.71. The zero-order valence-electron chi connectivity index (χ0n) is 9.64. The fourth-order valence-electron chi connectivity index (χ4n) is 1.72. The molecule has 1 heterocycles. The number of fused-ring (bicyclic) bond motifs is 1. The Kier molecular flexibility index (Phi) is 2.91. The highest BCUT2D eigenvalue weighted by Gasteiger charge is 2.21. The van der Waals surface area contributed by atoms with E-state index in [1.165, 1.54) is 0 Å². The quantitative estimate of drug-likeness (QED) is 0.455. The van der Waals surface area contributed by atoms with Gasteiger partial charge in [0, 0.05) is 12.4 Å². The molecule has 0 unspecified atom stereocenters. The van der Waals surface area contributed by atoms with Gasteiger partial charge in [0.05, 0.1) is 23.9 Å². The summed E-state index contributed by atoms with van der Waals surface area (Å²) in [6.45, 7) is 1.85. The highest BCUT2D eigenvalue weighted by atomic mass is 16.5. The summed E-state index contributed by atoms with van der Waals surface area (Å²) in [5.41, 5.74) is 0.964. The van der Waals surface area contributed by atoms with Crippen LogP contribution in [0, 0.1) is 0 Å². The second kappa shape index (κ2) is 4.37. The largest absolute Gasteiger partial charge is 0.460 e. The van der Waals surface area contributed by atoms with Crippen molar-refractivity contribution in [1.82, 2.24) is 9.78 Å². The molecule has 0 saturated carbocycles. The highest BCUT2D eigenvalue weighted by Crippen LogP contribution is 2.18. The molecule has 0 aliphatic rings. The van der Waals surface area contributed by atoms with E-state index in [1.807, 2.05) is 6.07 Å². The number of hydrogen-bond donors (Lipinski definition) is 0. The first-order valence-corrected chi connectivity index (χ1v) is 5.27. The molecule has 2 rings (SSSR count). The summed E-state index contributed by atoms with van der Waals surface area (Å²) >= 11 is 0. The van der Waals surface area contributed by atoms with Gasteiger partial charge < -0.3 is 4.74 Å². The molecule has 0 N–H and O–H groups in total. The summed E-state index contributed by atoms with van der Waals surface area (Å²) in [4.78, 5) is 23.3. The molecule has 1 aromatic heterocycles. The number of carbonyl (C=O) groups is 2. The Morgan fingerprint density at radius 3 is 2.88 bits per heavy atom. The normalized spacial score (nSPS) is 10.5. The summed E-state index contributed by atoms with van der Waals surface area (Å²) < 4.78 is 6.28. The maximum Gasteiger partial charge on any atom is 0.379 e. The molecule has 0 radical (unpaired) electrons. The number of rotatable bonds is 3. The number of aryl methyl sites for hydroxylation is 1. The lowest BCUT2D eigenvalue weighted by molar-refractivity contribution is -0.137. The highest BCUT2D eigenvalue weighted by molar-refractivity contribution is 6.42. The van der Waals surface area contributed by atoms with Gasteiger partial charge in [-0.05, 0) is 13.0 Å². The van der Waals surface area contributed by atoms with Crippen molar-refractivity contribution in [1.29, 1.82) is 0 Å². The SMILES string of the molecule is CCOC(=O)C(=O)c1cccc2cnn(C)c12. The zero-order chi connectivity index (χ0) is 12.4. The van der Waals surface area contributed by atoms with Gasteiger partial charge in [-0.1, -0.05) is 12.1 Å². The van der Waals surface area contributed by atoms with Crippen LogP contribution in [0.25, 0.3) is 10.9 Å². The molecular weight excluding hydrogens is 220 g/mol. The topological polar surface area (TPSA) is 61.2 Å². The maximum atomic E-state index is 11.9. The van der Waals surface area contributed by atoms with Crippen molar-refractivity contribution in [2.45, 2.75) is 6.92 Å². The molecule has 88 valence electrons. The molecule has 0 amide bonds. The van der Waals surface area contributed by atoms with Crippen molar-refractivity contribution in [2.75, 3.05) is 6.61 Å². The van der Waals surface area contributed by atoms with E-state index < -0.39 is 11.8 Å². The Morgan fingerprint density at radius 1 is 1.41 bits per heavy atom. The molecule has 1 aromatic carbocycles. The molecule has 0 atom stereocenters. The van der Waals surface area contributed by atoms with Crippen LogP contribution in [0.1, 0.15) is 17.3 Å². The Labute approximate surface area is 98.0 Å². The molecular formula is C12H12N2O3. The third-order valence-corrected chi connectivity index (χ3v) is 2.47. The summed E-state index contributed by atoms with van der Waals surface area (Å²) in [6.07, 6.45) is 1.65. The maximum absolute atomic E-state index is 11.9. The van der Waals surface area contributed by atoms with E-state index in [9.17, 15) is 9.59 Å². The van der Waals surface area contributed by atoms with Crippen molar-refractivity contribution in [3.8, 4) is 0 Å². The third kappa shape index (κ3) is 1.91. The molecule has 5 heteroatoms. The van der Waals surface area contributed by atoms with Gasteiger partial charge >= 0.3 is 5.97 Å². The van der Waals surface area contributed by atoms with Crippen LogP contribution in [-0.4, -0.2) is 28.1 Å². The molecule has 0 fully saturated rings. The second-order valence-electron chi connectivity index (χ2n) is 3.56. The van der Waals surface area contributed by atoms with Crippen LogP contribution in [0.15, 0.2) is 24.4 Å².